The van der Waals surface area contributed by atoms with E-state index in [1.807, 2.05) is 0 Å². The Morgan fingerprint density at radius 3 is 2.60 bits per heavy atom. The molecule has 1 fully saturated rings. The van der Waals surface area contributed by atoms with Gasteiger partial charge in [-0.25, -0.2) is 4.79 Å². The molecule has 0 radical (unpaired) electrons. The normalized spacial score (nSPS) is 31.9. The van der Waals surface area contributed by atoms with E-state index < -0.39 is 17.4 Å². The number of amides is 1. The van der Waals surface area contributed by atoms with Crippen LogP contribution in [0.15, 0.2) is 0 Å². The minimum absolute atomic E-state index is 0.168. The molecule has 5 nitrogen and oxygen atoms in total. The second-order valence-corrected chi connectivity index (χ2v) is 2.28. The van der Waals surface area contributed by atoms with Crippen molar-refractivity contribution in [3.05, 3.63) is 0 Å². The maximum absolute atomic E-state index is 10.7. The zero-order valence-electron chi connectivity index (χ0n) is 5.26. The van der Waals surface area contributed by atoms with E-state index in [9.17, 15) is 9.59 Å². The number of hydrogen-bond acceptors (Lipinski definition) is 3. The number of nitrogens with one attached hydrogen (secondary N) is 1. The molecule has 0 aliphatic carbocycles. The molecule has 4 N–H and O–H groups in total. The highest BCUT2D eigenvalue weighted by Crippen LogP contribution is 2.11. The molecule has 1 amide bonds. The van der Waals surface area contributed by atoms with Crippen molar-refractivity contribution in [3.63, 3.8) is 0 Å². The van der Waals surface area contributed by atoms with Gasteiger partial charge >= 0.3 is 5.97 Å². The van der Waals surface area contributed by atoms with Crippen molar-refractivity contribution in [2.75, 3.05) is 6.54 Å². The summed E-state index contributed by atoms with van der Waals surface area (Å²) >= 11 is 0. The molecule has 1 saturated heterocycles. The highest BCUT2D eigenvalue weighted by Gasteiger charge is 2.45. The molecule has 1 atom stereocenters. The molecule has 1 heterocycles. The Morgan fingerprint density at radius 2 is 2.40 bits per heavy atom. The van der Waals surface area contributed by atoms with Crippen LogP contribution in [0.3, 0.4) is 0 Å². The Labute approximate surface area is 57.2 Å². The van der Waals surface area contributed by atoms with E-state index in [0.29, 0.717) is 6.54 Å². The van der Waals surface area contributed by atoms with E-state index in [0.717, 1.165) is 0 Å². The van der Waals surface area contributed by atoms with Crippen LogP contribution in [0.25, 0.3) is 0 Å². The highest BCUT2D eigenvalue weighted by molar-refractivity contribution is 6.07. The van der Waals surface area contributed by atoms with Gasteiger partial charge in [-0.3, -0.25) is 4.79 Å². The lowest BCUT2D eigenvalue weighted by Crippen LogP contribution is -2.53. The first kappa shape index (κ1) is 7.01. The van der Waals surface area contributed by atoms with Crippen LogP contribution in [0.4, 0.5) is 0 Å². The van der Waals surface area contributed by atoms with E-state index in [4.69, 9.17) is 10.8 Å². The summed E-state index contributed by atoms with van der Waals surface area (Å²) in [7, 11) is 0. The Morgan fingerprint density at radius 1 is 1.80 bits per heavy atom. The Balaban J connectivity index is 2.86. The first-order valence-electron chi connectivity index (χ1n) is 2.88. The smallest absolute Gasteiger partial charge is 0.333 e. The molecule has 1 rings (SSSR count). The van der Waals surface area contributed by atoms with Crippen molar-refractivity contribution >= 4 is 11.9 Å². The molecule has 0 aromatic rings. The predicted molar refractivity (Wildman–Crippen MR) is 32.2 cm³/mol. The van der Waals surface area contributed by atoms with Gasteiger partial charge in [-0.2, -0.15) is 0 Å². The largest absolute Gasteiger partial charge is 0.479 e. The summed E-state index contributed by atoms with van der Waals surface area (Å²) in [6.07, 6.45) is 0.168. The molecule has 10 heavy (non-hydrogen) atoms. The quantitative estimate of drug-likeness (QED) is 0.382. The summed E-state index contributed by atoms with van der Waals surface area (Å²) in [5.74, 6) is -1.86. The molecule has 56 valence electrons. The van der Waals surface area contributed by atoms with Crippen LogP contribution >= 0.6 is 0 Å². The maximum Gasteiger partial charge on any atom is 0.333 e. The average molecular weight is 144 g/mol. The third-order valence-corrected chi connectivity index (χ3v) is 1.59. The lowest BCUT2D eigenvalue weighted by atomic mass is 10.0. The summed E-state index contributed by atoms with van der Waals surface area (Å²) in [6.45, 7) is 0.349. The van der Waals surface area contributed by atoms with Crippen LogP contribution in [0.5, 0.6) is 0 Å². The Hall–Kier alpha value is -1.10. The number of hydrogen-bond donors (Lipinski definition) is 3. The summed E-state index contributed by atoms with van der Waals surface area (Å²) in [5.41, 5.74) is 3.55. The van der Waals surface area contributed by atoms with Crippen LogP contribution in [0.1, 0.15) is 6.42 Å². The summed E-state index contributed by atoms with van der Waals surface area (Å²) in [4.78, 5) is 21.1. The number of rotatable bonds is 1. The van der Waals surface area contributed by atoms with Crippen LogP contribution < -0.4 is 11.1 Å². The number of carboxylic acids is 1. The zero-order chi connectivity index (χ0) is 7.78. The van der Waals surface area contributed by atoms with Crippen molar-refractivity contribution in [1.29, 1.82) is 0 Å². The van der Waals surface area contributed by atoms with Gasteiger partial charge < -0.3 is 16.2 Å². The monoisotopic (exact) mass is 144 g/mol. The van der Waals surface area contributed by atoms with Crippen LogP contribution in [-0.4, -0.2) is 29.1 Å². The molecule has 1 aliphatic heterocycles. The molecular weight excluding hydrogens is 136 g/mol. The molecule has 0 aromatic carbocycles. The van der Waals surface area contributed by atoms with Crippen LogP contribution in [0, 0.1) is 0 Å². The summed E-state index contributed by atoms with van der Waals surface area (Å²) in [5, 5.41) is 10.8. The number of carboxylic acid groups (broad SMARTS) is 1. The van der Waals surface area contributed by atoms with Gasteiger partial charge in [-0.05, 0) is 0 Å². The van der Waals surface area contributed by atoms with E-state index in [-0.39, 0.29) is 6.42 Å². The number of nitrogens with two attached hydrogens (primary N) is 1. The molecule has 0 aromatic heterocycles. The van der Waals surface area contributed by atoms with Crippen LogP contribution in [-0.2, 0) is 9.59 Å². The van der Waals surface area contributed by atoms with Gasteiger partial charge in [-0.15, -0.1) is 0 Å². The van der Waals surface area contributed by atoms with Crippen molar-refractivity contribution in [3.8, 4) is 0 Å². The van der Waals surface area contributed by atoms with Gasteiger partial charge in [0.05, 0.1) is 0 Å². The van der Waals surface area contributed by atoms with E-state index in [2.05, 4.69) is 5.32 Å². The summed E-state index contributed by atoms with van der Waals surface area (Å²) < 4.78 is 0. The minimum atomic E-state index is -1.68. The first-order chi connectivity index (χ1) is 4.57. The molecule has 5 heteroatoms. The van der Waals surface area contributed by atoms with E-state index in [1.165, 1.54) is 0 Å². The summed E-state index contributed by atoms with van der Waals surface area (Å²) in [6, 6.07) is 0. The molecule has 0 saturated carbocycles. The molecule has 1 unspecified atom stereocenters. The lowest BCUT2D eigenvalue weighted by Gasteiger charge is -2.12. The maximum atomic E-state index is 10.7. The molecule has 0 bridgehead atoms. The van der Waals surface area contributed by atoms with Gasteiger partial charge in [-0.1, -0.05) is 0 Å². The second kappa shape index (κ2) is 1.95. The highest BCUT2D eigenvalue weighted by atomic mass is 16.4. The third-order valence-electron chi connectivity index (χ3n) is 1.59. The zero-order valence-corrected chi connectivity index (χ0v) is 5.26. The SMILES string of the molecule is NC1(C(=O)O)CCNC1=O. The molecule has 1 aliphatic rings. The van der Waals surface area contributed by atoms with Gasteiger partial charge in [0.25, 0.3) is 5.91 Å². The average Bonchev–Trinajstić information content (AvgIpc) is 2.15. The fourth-order valence-electron chi connectivity index (χ4n) is 0.849. The number of aliphatic carboxylic acids is 1. The fourth-order valence-corrected chi connectivity index (χ4v) is 0.849. The Kier molecular flexibility index (Phi) is 1.37. The van der Waals surface area contributed by atoms with Crippen LogP contribution in [0.2, 0.25) is 0 Å². The van der Waals surface area contributed by atoms with Gasteiger partial charge in [0, 0.05) is 13.0 Å². The first-order valence-corrected chi connectivity index (χ1v) is 2.88. The topological polar surface area (TPSA) is 92.4 Å². The number of carbonyl (C=O) groups is 2. The Bertz CT molecular complexity index is 191. The van der Waals surface area contributed by atoms with E-state index >= 15 is 0 Å². The second-order valence-electron chi connectivity index (χ2n) is 2.28. The fraction of sp³-hybridized carbons (Fsp3) is 0.600. The lowest BCUT2D eigenvalue weighted by molar-refractivity contribution is -0.147. The van der Waals surface area contributed by atoms with Crippen molar-refractivity contribution in [1.82, 2.24) is 5.32 Å². The van der Waals surface area contributed by atoms with E-state index in [1.54, 1.807) is 0 Å². The molecular formula is C5H8N2O3. The van der Waals surface area contributed by atoms with Gasteiger partial charge in [0.1, 0.15) is 0 Å². The van der Waals surface area contributed by atoms with Crippen molar-refractivity contribution < 1.29 is 14.7 Å². The van der Waals surface area contributed by atoms with Gasteiger partial charge in [0.2, 0.25) is 0 Å². The van der Waals surface area contributed by atoms with Gasteiger partial charge in [0.15, 0.2) is 5.54 Å². The minimum Gasteiger partial charge on any atom is -0.479 e. The standard InChI is InChI=1S/C5H8N2O3/c6-5(4(9)10)1-2-7-3(5)8/h1-2,6H2,(H,7,8)(H,9,10). The number of carbonyl (C=O) groups excluding carboxylic acids is 1. The molecule has 0 spiro atoms. The van der Waals surface area contributed by atoms with Crippen molar-refractivity contribution in [2.24, 2.45) is 5.73 Å². The third kappa shape index (κ3) is 0.750. The predicted octanol–water partition coefficient (Wildman–Crippen LogP) is -1.71. The van der Waals surface area contributed by atoms with Crippen molar-refractivity contribution in [2.45, 2.75) is 12.0 Å².